The largest absolute Gasteiger partial charge is 0.377 e. The standard InChI is InChI=1S/C11H20N4OS/c1-4-15-9(12-13-10(15)17)14-7-5-6-11(2,8-14)16-3/h4-8H2,1-3H3,(H,13,17). The summed E-state index contributed by atoms with van der Waals surface area (Å²) in [6.07, 6.45) is 2.21. The van der Waals surface area contributed by atoms with E-state index in [1.165, 1.54) is 0 Å². The number of rotatable bonds is 3. The van der Waals surface area contributed by atoms with Crippen LogP contribution in [-0.4, -0.2) is 40.6 Å². The first-order chi connectivity index (χ1) is 8.09. The van der Waals surface area contributed by atoms with Gasteiger partial charge >= 0.3 is 0 Å². The van der Waals surface area contributed by atoms with Crippen molar-refractivity contribution in [2.45, 2.75) is 38.8 Å². The van der Waals surface area contributed by atoms with Gasteiger partial charge < -0.3 is 9.64 Å². The smallest absolute Gasteiger partial charge is 0.225 e. The highest BCUT2D eigenvalue weighted by Gasteiger charge is 2.32. The number of H-pyrrole nitrogens is 1. The van der Waals surface area contributed by atoms with Crippen molar-refractivity contribution in [2.24, 2.45) is 0 Å². The first-order valence-corrected chi connectivity index (χ1v) is 6.46. The van der Waals surface area contributed by atoms with Crippen LogP contribution in [0.4, 0.5) is 5.95 Å². The van der Waals surface area contributed by atoms with Crippen molar-refractivity contribution in [1.82, 2.24) is 14.8 Å². The van der Waals surface area contributed by atoms with Gasteiger partial charge in [0.25, 0.3) is 0 Å². The number of nitrogens with one attached hydrogen (secondary N) is 1. The van der Waals surface area contributed by atoms with Gasteiger partial charge in [0.15, 0.2) is 4.77 Å². The molecule has 1 N–H and O–H groups in total. The van der Waals surface area contributed by atoms with E-state index in [0.717, 1.165) is 38.4 Å². The molecule has 1 aromatic rings. The van der Waals surface area contributed by atoms with E-state index in [1.807, 2.05) is 4.57 Å². The molecule has 0 bridgehead atoms. The number of ether oxygens (including phenoxy) is 1. The van der Waals surface area contributed by atoms with Gasteiger partial charge in [0, 0.05) is 26.7 Å². The highest BCUT2D eigenvalue weighted by atomic mass is 32.1. The Labute approximate surface area is 107 Å². The second kappa shape index (κ2) is 4.78. The van der Waals surface area contributed by atoms with Crippen LogP contribution in [0.3, 0.4) is 0 Å². The molecule has 0 aromatic carbocycles. The summed E-state index contributed by atoms with van der Waals surface area (Å²) in [6, 6.07) is 0. The Kier molecular flexibility index (Phi) is 3.53. The number of anilines is 1. The van der Waals surface area contributed by atoms with E-state index in [0.29, 0.717) is 4.77 Å². The Morgan fingerprint density at radius 1 is 1.59 bits per heavy atom. The van der Waals surface area contributed by atoms with E-state index in [4.69, 9.17) is 17.0 Å². The molecule has 6 heteroatoms. The summed E-state index contributed by atoms with van der Waals surface area (Å²) in [4.78, 5) is 2.25. The number of hydrogen-bond acceptors (Lipinski definition) is 4. The number of methoxy groups -OCH3 is 1. The van der Waals surface area contributed by atoms with Gasteiger partial charge in [0.05, 0.1) is 5.60 Å². The molecule has 1 saturated heterocycles. The van der Waals surface area contributed by atoms with Gasteiger partial charge in [-0.2, -0.15) is 0 Å². The molecule has 0 amide bonds. The molecule has 96 valence electrons. The van der Waals surface area contributed by atoms with Crippen molar-refractivity contribution in [1.29, 1.82) is 0 Å². The van der Waals surface area contributed by atoms with Crippen LogP contribution in [-0.2, 0) is 11.3 Å². The maximum Gasteiger partial charge on any atom is 0.225 e. The molecule has 0 spiro atoms. The fourth-order valence-electron chi connectivity index (χ4n) is 2.38. The summed E-state index contributed by atoms with van der Waals surface area (Å²) in [5, 5.41) is 7.19. The first kappa shape index (κ1) is 12.6. The average molecular weight is 256 g/mol. The van der Waals surface area contributed by atoms with Crippen molar-refractivity contribution < 1.29 is 4.74 Å². The van der Waals surface area contributed by atoms with Crippen molar-refractivity contribution in [2.75, 3.05) is 25.1 Å². The van der Waals surface area contributed by atoms with Crippen molar-refractivity contribution >= 4 is 18.2 Å². The van der Waals surface area contributed by atoms with Crippen LogP contribution < -0.4 is 4.90 Å². The lowest BCUT2D eigenvalue weighted by molar-refractivity contribution is -0.00511. The van der Waals surface area contributed by atoms with Crippen LogP contribution >= 0.6 is 12.2 Å². The van der Waals surface area contributed by atoms with Crippen LogP contribution in [0, 0.1) is 4.77 Å². The molecule has 0 aliphatic carbocycles. The van der Waals surface area contributed by atoms with Gasteiger partial charge in [-0.25, -0.2) is 5.10 Å². The lowest BCUT2D eigenvalue weighted by Crippen LogP contribution is -2.48. The van der Waals surface area contributed by atoms with E-state index < -0.39 is 0 Å². The number of piperidine rings is 1. The maximum atomic E-state index is 5.60. The zero-order chi connectivity index (χ0) is 12.5. The molecule has 1 atom stereocenters. The van der Waals surface area contributed by atoms with E-state index in [-0.39, 0.29) is 5.60 Å². The van der Waals surface area contributed by atoms with Crippen LogP contribution in [0.25, 0.3) is 0 Å². The molecule has 2 heterocycles. The fraction of sp³-hybridized carbons (Fsp3) is 0.818. The van der Waals surface area contributed by atoms with Gasteiger partial charge in [0.1, 0.15) is 0 Å². The minimum absolute atomic E-state index is 0.0790. The van der Waals surface area contributed by atoms with E-state index >= 15 is 0 Å². The number of aromatic amines is 1. The summed E-state index contributed by atoms with van der Waals surface area (Å²) < 4.78 is 8.31. The average Bonchev–Trinajstić information content (AvgIpc) is 2.70. The summed E-state index contributed by atoms with van der Waals surface area (Å²) in [5.74, 6) is 0.931. The third kappa shape index (κ3) is 2.37. The molecule has 1 fully saturated rings. The van der Waals surface area contributed by atoms with Crippen molar-refractivity contribution in [3.8, 4) is 0 Å². The molecule has 17 heavy (non-hydrogen) atoms. The van der Waals surface area contributed by atoms with Crippen LogP contribution in [0.2, 0.25) is 0 Å². The van der Waals surface area contributed by atoms with E-state index in [2.05, 4.69) is 28.9 Å². The fourth-order valence-corrected chi connectivity index (χ4v) is 2.64. The molecule has 0 saturated carbocycles. The van der Waals surface area contributed by atoms with Gasteiger partial charge in [0.2, 0.25) is 5.95 Å². The van der Waals surface area contributed by atoms with Gasteiger partial charge in [-0.3, -0.25) is 4.57 Å². The Balaban J connectivity index is 2.25. The Morgan fingerprint density at radius 3 is 3.00 bits per heavy atom. The molecule has 1 aliphatic heterocycles. The molecule has 5 nitrogen and oxygen atoms in total. The zero-order valence-corrected chi connectivity index (χ0v) is 11.5. The van der Waals surface area contributed by atoms with Crippen LogP contribution in [0.5, 0.6) is 0 Å². The second-order valence-corrected chi connectivity index (χ2v) is 5.14. The predicted molar refractivity (Wildman–Crippen MR) is 69.9 cm³/mol. The molecule has 1 aromatic heterocycles. The Hall–Kier alpha value is -0.880. The lowest BCUT2D eigenvalue weighted by atomic mass is 9.95. The van der Waals surface area contributed by atoms with Gasteiger partial charge in [-0.1, -0.05) is 0 Å². The minimum atomic E-state index is -0.0790. The van der Waals surface area contributed by atoms with E-state index in [9.17, 15) is 0 Å². The Morgan fingerprint density at radius 2 is 2.35 bits per heavy atom. The Bertz CT molecular complexity index is 441. The highest BCUT2D eigenvalue weighted by Crippen LogP contribution is 2.26. The monoisotopic (exact) mass is 256 g/mol. The third-order valence-electron chi connectivity index (χ3n) is 3.49. The highest BCUT2D eigenvalue weighted by molar-refractivity contribution is 7.71. The molecule has 0 radical (unpaired) electrons. The molecule has 2 rings (SSSR count). The van der Waals surface area contributed by atoms with Crippen molar-refractivity contribution in [3.05, 3.63) is 4.77 Å². The second-order valence-electron chi connectivity index (χ2n) is 4.75. The summed E-state index contributed by atoms with van der Waals surface area (Å²) in [7, 11) is 1.78. The zero-order valence-electron chi connectivity index (χ0n) is 10.7. The van der Waals surface area contributed by atoms with Crippen molar-refractivity contribution in [3.63, 3.8) is 0 Å². The van der Waals surface area contributed by atoms with Gasteiger partial charge in [-0.15, -0.1) is 5.10 Å². The summed E-state index contributed by atoms with van der Waals surface area (Å²) >= 11 is 5.21. The topological polar surface area (TPSA) is 46.1 Å². The third-order valence-corrected chi connectivity index (χ3v) is 3.80. The first-order valence-electron chi connectivity index (χ1n) is 6.05. The molecular weight excluding hydrogens is 236 g/mol. The number of nitrogens with zero attached hydrogens (tertiary/aromatic N) is 3. The van der Waals surface area contributed by atoms with Crippen LogP contribution in [0.1, 0.15) is 26.7 Å². The summed E-state index contributed by atoms with van der Waals surface area (Å²) in [6.45, 7) is 6.94. The minimum Gasteiger partial charge on any atom is -0.377 e. The van der Waals surface area contributed by atoms with E-state index in [1.54, 1.807) is 7.11 Å². The molecular formula is C11H20N4OS. The predicted octanol–water partition coefficient (Wildman–Crippen LogP) is 1.97. The SMILES string of the molecule is CCn1c(N2CCCC(C)(OC)C2)n[nH]c1=S. The lowest BCUT2D eigenvalue weighted by Gasteiger charge is -2.39. The maximum absolute atomic E-state index is 5.60. The van der Waals surface area contributed by atoms with Gasteiger partial charge in [-0.05, 0) is 38.9 Å². The number of aromatic nitrogens is 3. The summed E-state index contributed by atoms with van der Waals surface area (Å²) in [5.41, 5.74) is -0.0790. The quantitative estimate of drug-likeness (QED) is 0.840. The molecule has 1 aliphatic rings. The molecule has 1 unspecified atom stereocenters. The normalized spacial score (nSPS) is 25.2. The number of hydrogen-bond donors (Lipinski definition) is 1. The van der Waals surface area contributed by atoms with Crippen LogP contribution in [0.15, 0.2) is 0 Å².